The Balaban J connectivity index is 1.81. The molecule has 26 heavy (non-hydrogen) atoms. The highest BCUT2D eigenvalue weighted by Gasteiger charge is 2.31. The normalized spacial score (nSPS) is 23.0. The third kappa shape index (κ3) is 3.76. The summed E-state index contributed by atoms with van der Waals surface area (Å²) in [5, 5.41) is 19.5. The average molecular weight is 358 g/mol. The molecule has 1 saturated heterocycles. The Labute approximate surface area is 153 Å². The van der Waals surface area contributed by atoms with Gasteiger partial charge >= 0.3 is 0 Å². The highest BCUT2D eigenvalue weighted by atomic mass is 16.3. The molecule has 1 fully saturated rings. The Morgan fingerprint density at radius 2 is 1.35 bits per heavy atom. The van der Waals surface area contributed by atoms with Gasteiger partial charge in [-0.05, 0) is 39.8 Å². The average Bonchev–Trinajstić information content (AvgIpc) is 2.61. The molecule has 1 aliphatic rings. The third-order valence-electron chi connectivity index (χ3n) is 4.57. The first-order valence-corrected chi connectivity index (χ1v) is 8.92. The topological polar surface area (TPSA) is 98.5 Å². The maximum absolute atomic E-state index is 9.75. The number of aromatic nitrogens is 4. The second-order valence-corrected chi connectivity index (χ2v) is 6.91. The zero-order chi connectivity index (χ0) is 18.8. The van der Waals surface area contributed by atoms with Crippen molar-refractivity contribution in [2.75, 3.05) is 22.9 Å². The zero-order valence-electron chi connectivity index (χ0n) is 15.6. The van der Waals surface area contributed by atoms with Gasteiger partial charge in [0.2, 0.25) is 0 Å². The number of piperazine rings is 1. The fourth-order valence-corrected chi connectivity index (χ4v) is 3.41. The molecule has 140 valence electrons. The van der Waals surface area contributed by atoms with Crippen LogP contribution in [0.2, 0.25) is 0 Å². The number of aliphatic hydroxyl groups is 2. The maximum Gasteiger partial charge on any atom is 0.158 e. The summed E-state index contributed by atoms with van der Waals surface area (Å²) in [5.41, 5.74) is 0. The first kappa shape index (κ1) is 18.5. The minimum Gasteiger partial charge on any atom is -0.385 e. The Kier molecular flexibility index (Phi) is 5.33. The summed E-state index contributed by atoms with van der Waals surface area (Å²) in [6, 6.07) is 4.14. The molecule has 0 bridgehead atoms. The van der Waals surface area contributed by atoms with Gasteiger partial charge in [0.05, 0.1) is 0 Å². The van der Waals surface area contributed by atoms with Crippen molar-refractivity contribution in [3.63, 3.8) is 0 Å². The lowest BCUT2D eigenvalue weighted by Crippen LogP contribution is -2.57. The summed E-state index contributed by atoms with van der Waals surface area (Å²) in [7, 11) is 0. The van der Waals surface area contributed by atoms with E-state index in [2.05, 4.69) is 43.6 Å². The molecular weight excluding hydrogens is 332 g/mol. The van der Waals surface area contributed by atoms with Crippen LogP contribution in [0.3, 0.4) is 0 Å². The van der Waals surface area contributed by atoms with Gasteiger partial charge in [-0.2, -0.15) is 0 Å². The number of nitrogens with zero attached hydrogens (tertiary/aromatic N) is 6. The summed E-state index contributed by atoms with van der Waals surface area (Å²) in [6.07, 6.45) is 1.99. The minimum atomic E-state index is -0.693. The zero-order valence-corrected chi connectivity index (χ0v) is 15.6. The van der Waals surface area contributed by atoms with E-state index in [1.165, 1.54) is 0 Å². The highest BCUT2D eigenvalue weighted by Crippen LogP contribution is 2.26. The van der Waals surface area contributed by atoms with Gasteiger partial charge < -0.3 is 20.0 Å². The van der Waals surface area contributed by atoms with E-state index in [4.69, 9.17) is 0 Å². The second-order valence-electron chi connectivity index (χ2n) is 6.91. The van der Waals surface area contributed by atoms with Crippen molar-refractivity contribution in [1.29, 1.82) is 0 Å². The smallest absolute Gasteiger partial charge is 0.158 e. The molecule has 4 atom stereocenters. The van der Waals surface area contributed by atoms with Gasteiger partial charge in [0.15, 0.2) is 11.6 Å². The Morgan fingerprint density at radius 1 is 0.885 bits per heavy atom. The fraction of sp³-hybridized carbons (Fsp3) is 0.556. The molecule has 3 heterocycles. The van der Waals surface area contributed by atoms with Gasteiger partial charge in [0.1, 0.15) is 23.8 Å². The molecule has 0 radical (unpaired) electrons. The van der Waals surface area contributed by atoms with Gasteiger partial charge in [0.25, 0.3) is 0 Å². The van der Waals surface area contributed by atoms with Crippen molar-refractivity contribution in [1.82, 2.24) is 19.9 Å². The van der Waals surface area contributed by atoms with Crippen molar-refractivity contribution in [3.8, 4) is 0 Å². The van der Waals surface area contributed by atoms with Crippen LogP contribution in [0.1, 0.15) is 51.6 Å². The Hall–Kier alpha value is -2.32. The summed E-state index contributed by atoms with van der Waals surface area (Å²) in [4.78, 5) is 21.7. The predicted molar refractivity (Wildman–Crippen MR) is 98.9 cm³/mol. The lowest BCUT2D eigenvalue weighted by Gasteiger charge is -2.45. The van der Waals surface area contributed by atoms with Crippen LogP contribution in [0.25, 0.3) is 0 Å². The maximum atomic E-state index is 9.75. The van der Waals surface area contributed by atoms with Crippen molar-refractivity contribution in [2.45, 2.75) is 52.0 Å². The van der Waals surface area contributed by atoms with Gasteiger partial charge in [-0.1, -0.05) is 0 Å². The molecule has 0 saturated carbocycles. The molecule has 2 N–H and O–H groups in total. The number of hydrogen-bond acceptors (Lipinski definition) is 8. The van der Waals surface area contributed by atoms with E-state index in [0.717, 1.165) is 24.7 Å². The van der Waals surface area contributed by atoms with Crippen molar-refractivity contribution in [2.24, 2.45) is 0 Å². The van der Waals surface area contributed by atoms with Crippen molar-refractivity contribution in [3.05, 3.63) is 36.2 Å². The molecule has 2 aromatic rings. The second kappa shape index (κ2) is 7.51. The molecular formula is C18H26N6O2. The summed E-state index contributed by atoms with van der Waals surface area (Å²) >= 11 is 0. The van der Waals surface area contributed by atoms with Crippen LogP contribution in [0.15, 0.2) is 24.5 Å². The van der Waals surface area contributed by atoms with Gasteiger partial charge in [-0.25, -0.2) is 19.9 Å². The van der Waals surface area contributed by atoms with Crippen LogP contribution in [0, 0.1) is 0 Å². The molecule has 0 spiro atoms. The van der Waals surface area contributed by atoms with Gasteiger partial charge in [-0.3, -0.25) is 0 Å². The van der Waals surface area contributed by atoms with Gasteiger partial charge in [0, 0.05) is 37.6 Å². The summed E-state index contributed by atoms with van der Waals surface area (Å²) < 4.78 is 0. The van der Waals surface area contributed by atoms with E-state index in [1.54, 1.807) is 26.2 Å². The van der Waals surface area contributed by atoms with Crippen LogP contribution < -0.4 is 9.80 Å². The van der Waals surface area contributed by atoms with Crippen molar-refractivity contribution < 1.29 is 10.2 Å². The molecule has 0 amide bonds. The quantitative estimate of drug-likeness (QED) is 0.848. The molecule has 0 aliphatic carbocycles. The lowest BCUT2D eigenvalue weighted by molar-refractivity contribution is 0.188. The van der Waals surface area contributed by atoms with Crippen LogP contribution in [0.4, 0.5) is 11.6 Å². The van der Waals surface area contributed by atoms with E-state index in [0.29, 0.717) is 11.6 Å². The van der Waals surface area contributed by atoms with Crippen molar-refractivity contribution >= 4 is 11.6 Å². The first-order chi connectivity index (χ1) is 12.4. The highest BCUT2D eigenvalue weighted by molar-refractivity contribution is 5.47. The standard InChI is InChI=1S/C18H26N6O2/c1-11-9-23(15-5-7-19-17(21-15)13(3)25)10-12(2)24(11)16-6-8-20-18(22-16)14(4)26/h5-8,11-14,25-26H,9-10H2,1-4H3/t11-,12+,13?,14?. The van der Waals surface area contributed by atoms with E-state index in [9.17, 15) is 10.2 Å². The molecule has 2 aromatic heterocycles. The minimum absolute atomic E-state index is 0.195. The third-order valence-corrected chi connectivity index (χ3v) is 4.57. The molecule has 3 rings (SSSR count). The number of aliphatic hydroxyl groups excluding tert-OH is 2. The summed E-state index contributed by atoms with van der Waals surface area (Å²) in [5.74, 6) is 2.51. The molecule has 8 nitrogen and oxygen atoms in total. The Bertz CT molecular complexity index is 742. The molecule has 1 aliphatic heterocycles. The van der Waals surface area contributed by atoms with E-state index < -0.39 is 12.2 Å². The molecule has 2 unspecified atom stereocenters. The van der Waals surface area contributed by atoms with E-state index in [1.807, 2.05) is 12.1 Å². The summed E-state index contributed by atoms with van der Waals surface area (Å²) in [6.45, 7) is 9.16. The van der Waals surface area contributed by atoms with Crippen LogP contribution in [0.5, 0.6) is 0 Å². The first-order valence-electron chi connectivity index (χ1n) is 8.92. The number of anilines is 2. The van der Waals surface area contributed by atoms with Crippen LogP contribution >= 0.6 is 0 Å². The van der Waals surface area contributed by atoms with E-state index in [-0.39, 0.29) is 12.1 Å². The fourth-order valence-electron chi connectivity index (χ4n) is 3.41. The van der Waals surface area contributed by atoms with Crippen LogP contribution in [-0.2, 0) is 0 Å². The predicted octanol–water partition coefficient (Wildman–Crippen LogP) is 1.48. The Morgan fingerprint density at radius 3 is 1.85 bits per heavy atom. The van der Waals surface area contributed by atoms with E-state index >= 15 is 0 Å². The monoisotopic (exact) mass is 358 g/mol. The number of rotatable bonds is 4. The number of hydrogen-bond donors (Lipinski definition) is 2. The SMILES string of the molecule is CC(O)c1nccc(N2C[C@@H](C)N(c3ccnc(C(C)O)n3)[C@@H](C)C2)n1. The largest absolute Gasteiger partial charge is 0.385 e. The molecule has 0 aromatic carbocycles. The molecule has 8 heteroatoms. The lowest BCUT2D eigenvalue weighted by atomic mass is 10.1. The van der Waals surface area contributed by atoms with Crippen LogP contribution in [-0.4, -0.2) is 55.3 Å². The van der Waals surface area contributed by atoms with Gasteiger partial charge in [-0.15, -0.1) is 0 Å².